The van der Waals surface area contributed by atoms with E-state index in [0.717, 1.165) is 4.47 Å². The first kappa shape index (κ1) is 11.8. The Bertz CT molecular complexity index is 379. The van der Waals surface area contributed by atoms with Gasteiger partial charge in [0.05, 0.1) is 24.4 Å². The van der Waals surface area contributed by atoms with E-state index in [2.05, 4.69) is 21.2 Å². The maximum atomic E-state index is 10.9. The van der Waals surface area contributed by atoms with Crippen molar-refractivity contribution in [3.63, 3.8) is 0 Å². The number of halogens is 1. The lowest BCUT2D eigenvalue weighted by Crippen LogP contribution is -2.07. The third kappa shape index (κ3) is 2.86. The van der Waals surface area contributed by atoms with Crippen LogP contribution in [0.1, 0.15) is 6.92 Å². The molecule has 0 spiro atoms. The zero-order valence-corrected chi connectivity index (χ0v) is 10.3. The first-order valence-corrected chi connectivity index (χ1v) is 5.07. The van der Waals surface area contributed by atoms with E-state index in [-0.39, 0.29) is 5.91 Å². The molecular formula is C10H12BrNO3. The van der Waals surface area contributed by atoms with Gasteiger partial charge in [-0.15, -0.1) is 0 Å². The molecule has 0 heterocycles. The number of anilines is 1. The summed E-state index contributed by atoms with van der Waals surface area (Å²) in [4.78, 5) is 10.9. The van der Waals surface area contributed by atoms with Crippen molar-refractivity contribution in [2.24, 2.45) is 0 Å². The Balaban J connectivity index is 3.15. The molecule has 0 fully saturated rings. The second-order valence-corrected chi connectivity index (χ2v) is 3.72. The summed E-state index contributed by atoms with van der Waals surface area (Å²) in [6.45, 7) is 1.44. The van der Waals surface area contributed by atoms with Gasteiger partial charge in [-0.3, -0.25) is 4.79 Å². The minimum atomic E-state index is -0.148. The predicted molar refractivity (Wildman–Crippen MR) is 61.5 cm³/mol. The van der Waals surface area contributed by atoms with Crippen LogP contribution >= 0.6 is 15.9 Å². The highest BCUT2D eigenvalue weighted by molar-refractivity contribution is 9.10. The van der Waals surface area contributed by atoms with E-state index in [9.17, 15) is 4.79 Å². The summed E-state index contributed by atoms with van der Waals surface area (Å²) in [5.74, 6) is 1.07. The summed E-state index contributed by atoms with van der Waals surface area (Å²) in [6, 6.07) is 3.44. The molecule has 0 atom stereocenters. The molecule has 0 aliphatic heterocycles. The monoisotopic (exact) mass is 273 g/mol. The topological polar surface area (TPSA) is 47.6 Å². The van der Waals surface area contributed by atoms with Crippen molar-refractivity contribution in [2.75, 3.05) is 19.5 Å². The lowest BCUT2D eigenvalue weighted by atomic mass is 10.2. The first-order chi connectivity index (χ1) is 7.08. The van der Waals surface area contributed by atoms with Crippen molar-refractivity contribution in [3.05, 3.63) is 16.6 Å². The molecule has 5 heteroatoms. The number of amides is 1. The SMILES string of the molecule is COc1cc(OC)c(NC(C)=O)cc1Br. The lowest BCUT2D eigenvalue weighted by Gasteiger charge is -2.12. The van der Waals surface area contributed by atoms with E-state index in [1.807, 2.05) is 0 Å². The van der Waals surface area contributed by atoms with Crippen LogP contribution in [0.2, 0.25) is 0 Å². The average molecular weight is 274 g/mol. The Morgan fingerprint density at radius 2 is 1.87 bits per heavy atom. The fourth-order valence-corrected chi connectivity index (χ4v) is 1.65. The van der Waals surface area contributed by atoms with Gasteiger partial charge >= 0.3 is 0 Å². The van der Waals surface area contributed by atoms with Gasteiger partial charge < -0.3 is 14.8 Å². The normalized spacial score (nSPS) is 9.60. The molecule has 1 amide bonds. The molecule has 4 nitrogen and oxygen atoms in total. The van der Waals surface area contributed by atoms with Crippen LogP contribution < -0.4 is 14.8 Å². The standard InChI is InChI=1S/C10H12BrNO3/c1-6(13)12-8-4-7(11)9(14-2)5-10(8)15-3/h4-5H,1-3H3,(H,12,13). The first-order valence-electron chi connectivity index (χ1n) is 4.27. The van der Waals surface area contributed by atoms with Gasteiger partial charge in [-0.25, -0.2) is 0 Å². The van der Waals surface area contributed by atoms with Crippen LogP contribution in [0.5, 0.6) is 11.5 Å². The van der Waals surface area contributed by atoms with Crippen LogP contribution in [-0.4, -0.2) is 20.1 Å². The van der Waals surface area contributed by atoms with Crippen molar-refractivity contribution >= 4 is 27.5 Å². The van der Waals surface area contributed by atoms with E-state index in [1.165, 1.54) is 14.0 Å². The highest BCUT2D eigenvalue weighted by Crippen LogP contribution is 2.35. The van der Waals surface area contributed by atoms with Gasteiger partial charge in [0, 0.05) is 13.0 Å². The van der Waals surface area contributed by atoms with E-state index in [0.29, 0.717) is 17.2 Å². The number of hydrogen-bond donors (Lipinski definition) is 1. The molecule has 0 bridgehead atoms. The number of rotatable bonds is 3. The second-order valence-electron chi connectivity index (χ2n) is 2.87. The van der Waals surface area contributed by atoms with Crippen LogP contribution in [0.25, 0.3) is 0 Å². The zero-order valence-electron chi connectivity index (χ0n) is 8.76. The van der Waals surface area contributed by atoms with Crippen LogP contribution in [0.15, 0.2) is 16.6 Å². The van der Waals surface area contributed by atoms with Gasteiger partial charge in [-0.2, -0.15) is 0 Å². The maximum Gasteiger partial charge on any atom is 0.221 e. The quantitative estimate of drug-likeness (QED) is 0.920. The van der Waals surface area contributed by atoms with Crippen molar-refractivity contribution in [3.8, 4) is 11.5 Å². The van der Waals surface area contributed by atoms with Crippen molar-refractivity contribution in [2.45, 2.75) is 6.92 Å². The molecule has 0 unspecified atom stereocenters. The minimum Gasteiger partial charge on any atom is -0.495 e. The van der Waals surface area contributed by atoms with E-state index >= 15 is 0 Å². The van der Waals surface area contributed by atoms with Crippen LogP contribution in [0, 0.1) is 0 Å². The van der Waals surface area contributed by atoms with E-state index in [1.54, 1.807) is 19.2 Å². The van der Waals surface area contributed by atoms with E-state index < -0.39 is 0 Å². The molecule has 0 aromatic heterocycles. The average Bonchev–Trinajstić information content (AvgIpc) is 2.17. The Labute approximate surface area is 96.7 Å². The molecule has 0 aliphatic rings. The smallest absolute Gasteiger partial charge is 0.221 e. The van der Waals surface area contributed by atoms with Gasteiger partial charge in [-0.1, -0.05) is 0 Å². The van der Waals surface area contributed by atoms with Crippen molar-refractivity contribution in [1.29, 1.82) is 0 Å². The summed E-state index contributed by atoms with van der Waals surface area (Å²) in [6.07, 6.45) is 0. The molecule has 1 aromatic carbocycles. The largest absolute Gasteiger partial charge is 0.495 e. The molecule has 0 radical (unpaired) electrons. The summed E-state index contributed by atoms with van der Waals surface area (Å²) in [5.41, 5.74) is 0.609. The molecule has 82 valence electrons. The van der Waals surface area contributed by atoms with Gasteiger partial charge in [0.25, 0.3) is 0 Å². The Kier molecular flexibility index (Phi) is 3.96. The Hall–Kier alpha value is -1.23. The maximum absolute atomic E-state index is 10.9. The van der Waals surface area contributed by atoms with Crippen LogP contribution in [0.4, 0.5) is 5.69 Å². The third-order valence-electron chi connectivity index (χ3n) is 1.78. The highest BCUT2D eigenvalue weighted by atomic mass is 79.9. The molecule has 15 heavy (non-hydrogen) atoms. The Morgan fingerprint density at radius 1 is 1.27 bits per heavy atom. The number of methoxy groups -OCH3 is 2. The Morgan fingerprint density at radius 3 is 2.33 bits per heavy atom. The van der Waals surface area contributed by atoms with Crippen LogP contribution in [0.3, 0.4) is 0 Å². The second kappa shape index (κ2) is 5.02. The van der Waals surface area contributed by atoms with Crippen molar-refractivity contribution in [1.82, 2.24) is 0 Å². The molecule has 1 N–H and O–H groups in total. The van der Waals surface area contributed by atoms with Gasteiger partial charge in [0.1, 0.15) is 11.5 Å². The number of hydrogen-bond acceptors (Lipinski definition) is 3. The summed E-state index contributed by atoms with van der Waals surface area (Å²) in [7, 11) is 3.10. The number of nitrogens with one attached hydrogen (secondary N) is 1. The third-order valence-corrected chi connectivity index (χ3v) is 2.40. The molecule has 1 rings (SSSR count). The molecular weight excluding hydrogens is 262 g/mol. The molecule has 0 saturated heterocycles. The number of ether oxygens (including phenoxy) is 2. The number of carbonyl (C=O) groups is 1. The summed E-state index contributed by atoms with van der Waals surface area (Å²) >= 11 is 3.33. The van der Waals surface area contributed by atoms with Crippen molar-refractivity contribution < 1.29 is 14.3 Å². The molecule has 0 aliphatic carbocycles. The van der Waals surface area contributed by atoms with Gasteiger partial charge in [0.15, 0.2) is 0 Å². The number of carbonyl (C=O) groups excluding carboxylic acids is 1. The van der Waals surface area contributed by atoms with Gasteiger partial charge in [-0.05, 0) is 22.0 Å². The van der Waals surface area contributed by atoms with Crippen LogP contribution in [-0.2, 0) is 4.79 Å². The highest BCUT2D eigenvalue weighted by Gasteiger charge is 2.10. The van der Waals surface area contributed by atoms with Gasteiger partial charge in [0.2, 0.25) is 5.91 Å². The fourth-order valence-electron chi connectivity index (χ4n) is 1.15. The zero-order chi connectivity index (χ0) is 11.4. The number of benzene rings is 1. The summed E-state index contributed by atoms with van der Waals surface area (Å²) < 4.78 is 11.0. The lowest BCUT2D eigenvalue weighted by molar-refractivity contribution is -0.114. The fraction of sp³-hybridized carbons (Fsp3) is 0.300. The predicted octanol–water partition coefficient (Wildman–Crippen LogP) is 2.42. The molecule has 0 saturated carbocycles. The summed E-state index contributed by atoms with van der Waals surface area (Å²) in [5, 5.41) is 2.67. The van der Waals surface area contributed by atoms with E-state index in [4.69, 9.17) is 9.47 Å². The molecule has 1 aromatic rings. The minimum absolute atomic E-state index is 0.148.